The standard InChI is InChI=1S/C18H23FN2O3/c1-11-4-5-13(19)12(9-11)10-17(23)20-14-6-7-16(22)21-18(14)15-3-2-8-24-15/h4-5,9,14-15,18H,2-3,6-8,10H2,1H3,(H,20,23)(H,21,22)/t14-,15-,18+/m1/s1. The molecular weight excluding hydrogens is 311 g/mol. The molecule has 1 aromatic rings. The Morgan fingerprint density at radius 2 is 2.25 bits per heavy atom. The smallest absolute Gasteiger partial charge is 0.224 e. The number of ether oxygens (including phenoxy) is 1. The zero-order valence-corrected chi connectivity index (χ0v) is 13.8. The molecule has 24 heavy (non-hydrogen) atoms. The Hall–Kier alpha value is -1.95. The molecule has 0 spiro atoms. The summed E-state index contributed by atoms with van der Waals surface area (Å²) < 4.78 is 19.5. The lowest BCUT2D eigenvalue weighted by molar-refractivity contribution is -0.128. The second kappa shape index (κ2) is 7.30. The molecule has 1 aromatic carbocycles. The molecule has 130 valence electrons. The van der Waals surface area contributed by atoms with Gasteiger partial charge in [-0.05, 0) is 37.8 Å². The zero-order valence-electron chi connectivity index (χ0n) is 13.8. The minimum atomic E-state index is -0.372. The van der Waals surface area contributed by atoms with Crippen LogP contribution >= 0.6 is 0 Å². The van der Waals surface area contributed by atoms with Gasteiger partial charge in [-0.2, -0.15) is 0 Å². The van der Waals surface area contributed by atoms with Crippen LogP contribution in [0.2, 0.25) is 0 Å². The predicted molar refractivity (Wildman–Crippen MR) is 86.9 cm³/mol. The Morgan fingerprint density at radius 3 is 3.00 bits per heavy atom. The Kier molecular flexibility index (Phi) is 5.14. The van der Waals surface area contributed by atoms with E-state index in [1.165, 1.54) is 6.07 Å². The number of carbonyl (C=O) groups is 2. The van der Waals surface area contributed by atoms with Gasteiger partial charge in [0.25, 0.3) is 0 Å². The van der Waals surface area contributed by atoms with Gasteiger partial charge in [-0.3, -0.25) is 9.59 Å². The zero-order chi connectivity index (χ0) is 17.1. The molecule has 0 unspecified atom stereocenters. The number of halogens is 1. The number of benzene rings is 1. The maximum atomic E-state index is 13.8. The number of piperidine rings is 1. The van der Waals surface area contributed by atoms with Crippen LogP contribution in [0.3, 0.4) is 0 Å². The van der Waals surface area contributed by atoms with Crippen LogP contribution in [0.1, 0.15) is 36.8 Å². The van der Waals surface area contributed by atoms with E-state index in [4.69, 9.17) is 4.74 Å². The first-order valence-electron chi connectivity index (χ1n) is 8.48. The van der Waals surface area contributed by atoms with E-state index in [0.29, 0.717) is 25.0 Å². The highest BCUT2D eigenvalue weighted by Crippen LogP contribution is 2.22. The average Bonchev–Trinajstić information content (AvgIpc) is 3.07. The minimum absolute atomic E-state index is 0.00377. The molecule has 3 rings (SSSR count). The Bertz CT molecular complexity index is 629. The molecule has 2 aliphatic heterocycles. The second-order valence-corrected chi connectivity index (χ2v) is 6.63. The monoisotopic (exact) mass is 334 g/mol. The normalized spacial score (nSPS) is 26.9. The van der Waals surface area contributed by atoms with Crippen LogP contribution in [0.25, 0.3) is 0 Å². The van der Waals surface area contributed by atoms with Crippen molar-refractivity contribution in [3.05, 3.63) is 35.1 Å². The van der Waals surface area contributed by atoms with E-state index in [0.717, 1.165) is 18.4 Å². The number of rotatable bonds is 4. The van der Waals surface area contributed by atoms with Crippen LogP contribution in [0.4, 0.5) is 4.39 Å². The van der Waals surface area contributed by atoms with E-state index in [2.05, 4.69) is 10.6 Å². The van der Waals surface area contributed by atoms with E-state index in [9.17, 15) is 14.0 Å². The largest absolute Gasteiger partial charge is 0.376 e. The van der Waals surface area contributed by atoms with Crippen molar-refractivity contribution >= 4 is 11.8 Å². The average molecular weight is 334 g/mol. The molecule has 6 heteroatoms. The molecule has 2 amide bonds. The lowest BCUT2D eigenvalue weighted by Crippen LogP contribution is -2.60. The summed E-state index contributed by atoms with van der Waals surface area (Å²) in [5.74, 6) is -0.613. The Labute approximate surface area is 141 Å². The van der Waals surface area contributed by atoms with Crippen molar-refractivity contribution in [2.24, 2.45) is 0 Å². The molecule has 2 fully saturated rings. The molecule has 0 bridgehead atoms. The second-order valence-electron chi connectivity index (χ2n) is 6.63. The third-order valence-electron chi connectivity index (χ3n) is 4.71. The van der Waals surface area contributed by atoms with Crippen LogP contribution in [-0.2, 0) is 20.7 Å². The van der Waals surface area contributed by atoms with Gasteiger partial charge in [-0.15, -0.1) is 0 Å². The van der Waals surface area contributed by atoms with Crippen LogP contribution in [0.15, 0.2) is 18.2 Å². The van der Waals surface area contributed by atoms with Crippen molar-refractivity contribution < 1.29 is 18.7 Å². The van der Waals surface area contributed by atoms with Crippen molar-refractivity contribution in [3.8, 4) is 0 Å². The van der Waals surface area contributed by atoms with Crippen LogP contribution in [-0.4, -0.2) is 36.6 Å². The fourth-order valence-corrected chi connectivity index (χ4v) is 3.49. The van der Waals surface area contributed by atoms with Gasteiger partial charge in [-0.1, -0.05) is 17.7 Å². The molecular formula is C18H23FN2O3. The number of hydrogen-bond donors (Lipinski definition) is 2. The maximum absolute atomic E-state index is 13.8. The van der Waals surface area contributed by atoms with Crippen molar-refractivity contribution in [1.29, 1.82) is 0 Å². The lowest BCUT2D eigenvalue weighted by atomic mass is 9.92. The minimum Gasteiger partial charge on any atom is -0.376 e. The van der Waals surface area contributed by atoms with E-state index in [1.54, 1.807) is 12.1 Å². The summed E-state index contributed by atoms with van der Waals surface area (Å²) >= 11 is 0. The van der Waals surface area contributed by atoms with Gasteiger partial charge in [0.15, 0.2) is 0 Å². The maximum Gasteiger partial charge on any atom is 0.224 e. The fourth-order valence-electron chi connectivity index (χ4n) is 3.49. The van der Waals surface area contributed by atoms with Gasteiger partial charge < -0.3 is 15.4 Å². The first-order chi connectivity index (χ1) is 11.5. The number of aryl methyl sites for hydroxylation is 1. The summed E-state index contributed by atoms with van der Waals surface area (Å²) in [6, 6.07) is 4.37. The summed E-state index contributed by atoms with van der Waals surface area (Å²) in [7, 11) is 0. The van der Waals surface area contributed by atoms with Crippen LogP contribution in [0, 0.1) is 12.7 Å². The molecule has 0 aliphatic carbocycles. The van der Waals surface area contributed by atoms with E-state index >= 15 is 0 Å². The molecule has 5 nitrogen and oxygen atoms in total. The lowest BCUT2D eigenvalue weighted by Gasteiger charge is -2.36. The van der Waals surface area contributed by atoms with E-state index in [-0.39, 0.29) is 42.2 Å². The summed E-state index contributed by atoms with van der Waals surface area (Å²) in [5, 5.41) is 5.91. The summed E-state index contributed by atoms with van der Waals surface area (Å²) in [4.78, 5) is 24.1. The number of nitrogens with one attached hydrogen (secondary N) is 2. The van der Waals surface area contributed by atoms with Crippen LogP contribution < -0.4 is 10.6 Å². The van der Waals surface area contributed by atoms with Crippen molar-refractivity contribution in [2.75, 3.05) is 6.61 Å². The summed E-state index contributed by atoms with van der Waals surface area (Å²) in [5.41, 5.74) is 1.31. The molecule has 2 saturated heterocycles. The van der Waals surface area contributed by atoms with Gasteiger partial charge in [0.05, 0.1) is 24.6 Å². The van der Waals surface area contributed by atoms with Gasteiger partial charge in [0.1, 0.15) is 5.82 Å². The van der Waals surface area contributed by atoms with E-state index < -0.39 is 0 Å². The molecule has 2 aliphatic rings. The Balaban J connectivity index is 1.65. The van der Waals surface area contributed by atoms with E-state index in [1.807, 2.05) is 6.92 Å². The number of carbonyl (C=O) groups excluding carboxylic acids is 2. The topological polar surface area (TPSA) is 67.4 Å². The molecule has 2 N–H and O–H groups in total. The summed E-state index contributed by atoms with van der Waals surface area (Å²) in [6.45, 7) is 2.55. The highest BCUT2D eigenvalue weighted by molar-refractivity contribution is 5.81. The third kappa shape index (κ3) is 3.93. The molecule has 2 heterocycles. The van der Waals surface area contributed by atoms with Gasteiger partial charge in [0.2, 0.25) is 11.8 Å². The molecule has 0 radical (unpaired) electrons. The van der Waals surface area contributed by atoms with Gasteiger partial charge in [0, 0.05) is 13.0 Å². The fraction of sp³-hybridized carbons (Fsp3) is 0.556. The summed E-state index contributed by atoms with van der Waals surface area (Å²) in [6.07, 6.45) is 2.74. The quantitative estimate of drug-likeness (QED) is 0.879. The highest BCUT2D eigenvalue weighted by atomic mass is 19.1. The van der Waals surface area contributed by atoms with Crippen LogP contribution in [0.5, 0.6) is 0 Å². The first-order valence-corrected chi connectivity index (χ1v) is 8.48. The predicted octanol–water partition coefficient (Wildman–Crippen LogP) is 1.62. The van der Waals surface area contributed by atoms with Gasteiger partial charge in [-0.25, -0.2) is 4.39 Å². The number of hydrogen-bond acceptors (Lipinski definition) is 3. The van der Waals surface area contributed by atoms with Crippen molar-refractivity contribution in [2.45, 2.75) is 57.2 Å². The van der Waals surface area contributed by atoms with Crippen molar-refractivity contribution in [1.82, 2.24) is 10.6 Å². The first kappa shape index (κ1) is 16.9. The third-order valence-corrected chi connectivity index (χ3v) is 4.71. The Morgan fingerprint density at radius 1 is 1.42 bits per heavy atom. The number of amides is 2. The molecule has 3 atom stereocenters. The SMILES string of the molecule is Cc1ccc(F)c(CC(=O)N[C@@H]2CCC(=O)N[C@@H]2[C@H]2CCCO2)c1. The van der Waals surface area contributed by atoms with Crippen molar-refractivity contribution in [3.63, 3.8) is 0 Å². The molecule has 0 saturated carbocycles. The van der Waals surface area contributed by atoms with Gasteiger partial charge >= 0.3 is 0 Å². The highest BCUT2D eigenvalue weighted by Gasteiger charge is 2.37. The molecule has 0 aromatic heterocycles.